The number of amides is 1. The average Bonchev–Trinajstić information content (AvgIpc) is 2.38. The maximum absolute atomic E-state index is 12.2. The fraction of sp³-hybridized carbons (Fsp3) is 0.0667. The molecule has 0 aliphatic rings. The Balaban J connectivity index is 2.35. The van der Waals surface area contributed by atoms with E-state index in [2.05, 4.69) is 21.2 Å². The number of carboxylic acids is 1. The van der Waals surface area contributed by atoms with Gasteiger partial charge >= 0.3 is 5.97 Å². The summed E-state index contributed by atoms with van der Waals surface area (Å²) in [6.07, 6.45) is 0. The first kappa shape index (κ1) is 14.3. The summed E-state index contributed by atoms with van der Waals surface area (Å²) in [5.74, 6) is -1.42. The number of anilines is 1. The first-order valence-electron chi connectivity index (χ1n) is 5.89. The second-order valence-corrected chi connectivity index (χ2v) is 5.18. The Labute approximate surface area is 124 Å². The number of nitrogens with one attached hydrogen (secondary N) is 1. The molecule has 0 bridgehead atoms. The first-order valence-corrected chi connectivity index (χ1v) is 6.68. The van der Waals surface area contributed by atoms with Gasteiger partial charge in [0.1, 0.15) is 0 Å². The van der Waals surface area contributed by atoms with Crippen molar-refractivity contribution < 1.29 is 14.7 Å². The summed E-state index contributed by atoms with van der Waals surface area (Å²) in [4.78, 5) is 23.4. The highest BCUT2D eigenvalue weighted by Crippen LogP contribution is 2.22. The van der Waals surface area contributed by atoms with Gasteiger partial charge in [-0.25, -0.2) is 4.79 Å². The number of carbonyl (C=O) groups is 2. The highest BCUT2D eigenvalue weighted by atomic mass is 79.9. The SMILES string of the molecule is Cc1ccccc1C(=O)Nc1cc(Br)ccc1C(=O)O. The summed E-state index contributed by atoms with van der Waals surface area (Å²) >= 11 is 3.26. The van der Waals surface area contributed by atoms with Gasteiger partial charge in [-0.15, -0.1) is 0 Å². The summed E-state index contributed by atoms with van der Waals surface area (Å²) in [5.41, 5.74) is 1.66. The number of aromatic carboxylic acids is 1. The van der Waals surface area contributed by atoms with Crippen LogP contribution in [0.3, 0.4) is 0 Å². The molecule has 2 rings (SSSR count). The van der Waals surface area contributed by atoms with Crippen LogP contribution in [0.1, 0.15) is 26.3 Å². The normalized spacial score (nSPS) is 10.1. The molecule has 2 aromatic rings. The van der Waals surface area contributed by atoms with Crippen LogP contribution in [0.4, 0.5) is 5.69 Å². The number of carbonyl (C=O) groups excluding carboxylic acids is 1. The molecule has 0 heterocycles. The van der Waals surface area contributed by atoms with Crippen LogP contribution in [0, 0.1) is 6.92 Å². The molecule has 0 spiro atoms. The third-order valence-electron chi connectivity index (χ3n) is 2.85. The largest absolute Gasteiger partial charge is 0.478 e. The van der Waals surface area contributed by atoms with E-state index in [-0.39, 0.29) is 17.2 Å². The van der Waals surface area contributed by atoms with E-state index in [1.54, 1.807) is 24.3 Å². The summed E-state index contributed by atoms with van der Waals surface area (Å²) in [6.45, 7) is 1.83. The van der Waals surface area contributed by atoms with Crippen molar-refractivity contribution >= 4 is 33.5 Å². The number of benzene rings is 2. The summed E-state index contributed by atoms with van der Waals surface area (Å²) in [7, 11) is 0. The minimum Gasteiger partial charge on any atom is -0.478 e. The summed E-state index contributed by atoms with van der Waals surface area (Å²) in [6, 6.07) is 11.8. The van der Waals surface area contributed by atoms with Crippen molar-refractivity contribution in [3.63, 3.8) is 0 Å². The van der Waals surface area contributed by atoms with E-state index in [0.29, 0.717) is 10.0 Å². The second-order valence-electron chi connectivity index (χ2n) is 4.26. The van der Waals surface area contributed by atoms with Crippen LogP contribution in [-0.2, 0) is 0 Å². The van der Waals surface area contributed by atoms with Crippen LogP contribution in [-0.4, -0.2) is 17.0 Å². The molecule has 0 saturated carbocycles. The van der Waals surface area contributed by atoms with Crippen LogP contribution < -0.4 is 5.32 Å². The average molecular weight is 334 g/mol. The third kappa shape index (κ3) is 3.05. The van der Waals surface area contributed by atoms with Gasteiger partial charge in [-0.2, -0.15) is 0 Å². The van der Waals surface area contributed by atoms with E-state index < -0.39 is 5.97 Å². The minimum atomic E-state index is -1.09. The van der Waals surface area contributed by atoms with Gasteiger partial charge < -0.3 is 10.4 Å². The topological polar surface area (TPSA) is 66.4 Å². The van der Waals surface area contributed by atoms with Gasteiger partial charge in [-0.3, -0.25) is 4.79 Å². The molecule has 5 heteroatoms. The van der Waals surface area contributed by atoms with E-state index in [4.69, 9.17) is 5.11 Å². The molecular weight excluding hydrogens is 322 g/mol. The van der Waals surface area contributed by atoms with Crippen LogP contribution in [0.15, 0.2) is 46.9 Å². The Hall–Kier alpha value is -2.14. The molecule has 0 aliphatic carbocycles. The van der Waals surface area contributed by atoms with Gasteiger partial charge in [-0.1, -0.05) is 34.1 Å². The number of halogens is 1. The molecule has 2 N–H and O–H groups in total. The minimum absolute atomic E-state index is 0.0511. The molecule has 0 saturated heterocycles. The van der Waals surface area contributed by atoms with Gasteiger partial charge in [0.25, 0.3) is 5.91 Å². The predicted octanol–water partition coefficient (Wildman–Crippen LogP) is 3.71. The van der Waals surface area contributed by atoms with E-state index in [0.717, 1.165) is 5.56 Å². The zero-order valence-corrected chi connectivity index (χ0v) is 12.3. The molecule has 0 aromatic heterocycles. The van der Waals surface area contributed by atoms with Crippen LogP contribution in [0.2, 0.25) is 0 Å². The van der Waals surface area contributed by atoms with Gasteiger partial charge in [0, 0.05) is 10.0 Å². The molecule has 102 valence electrons. The lowest BCUT2D eigenvalue weighted by molar-refractivity contribution is 0.0698. The fourth-order valence-electron chi connectivity index (χ4n) is 1.82. The molecule has 0 radical (unpaired) electrons. The van der Waals surface area contributed by atoms with Gasteiger partial charge in [0.15, 0.2) is 0 Å². The van der Waals surface area contributed by atoms with Crippen molar-refractivity contribution in [2.24, 2.45) is 0 Å². The standard InChI is InChI=1S/C15H12BrNO3/c1-9-4-2-3-5-11(9)14(18)17-13-8-10(16)6-7-12(13)15(19)20/h2-8H,1H3,(H,17,18)(H,19,20). The monoisotopic (exact) mass is 333 g/mol. The molecule has 1 amide bonds. The Kier molecular flexibility index (Phi) is 4.20. The van der Waals surface area contributed by atoms with E-state index in [9.17, 15) is 9.59 Å². The molecule has 2 aromatic carbocycles. The van der Waals surface area contributed by atoms with E-state index in [1.807, 2.05) is 19.1 Å². The van der Waals surface area contributed by atoms with Crippen LogP contribution in [0.25, 0.3) is 0 Å². The van der Waals surface area contributed by atoms with Crippen molar-refractivity contribution in [2.45, 2.75) is 6.92 Å². The van der Waals surface area contributed by atoms with Crippen molar-refractivity contribution in [1.82, 2.24) is 0 Å². The number of hydrogen-bond acceptors (Lipinski definition) is 2. The molecule has 0 aliphatic heterocycles. The van der Waals surface area contributed by atoms with Crippen molar-refractivity contribution in [3.05, 3.63) is 63.6 Å². The maximum Gasteiger partial charge on any atom is 0.337 e. The Bertz CT molecular complexity index is 683. The zero-order valence-electron chi connectivity index (χ0n) is 10.7. The molecule has 4 nitrogen and oxygen atoms in total. The maximum atomic E-state index is 12.2. The number of carboxylic acid groups (broad SMARTS) is 1. The number of hydrogen-bond donors (Lipinski definition) is 2. The molecule has 0 unspecified atom stereocenters. The smallest absolute Gasteiger partial charge is 0.337 e. The Morgan fingerprint density at radius 1 is 1.10 bits per heavy atom. The lowest BCUT2D eigenvalue weighted by atomic mass is 10.1. The van der Waals surface area contributed by atoms with Gasteiger partial charge in [-0.05, 0) is 36.8 Å². The fourth-order valence-corrected chi connectivity index (χ4v) is 2.18. The molecule has 20 heavy (non-hydrogen) atoms. The van der Waals surface area contributed by atoms with E-state index in [1.165, 1.54) is 6.07 Å². The summed E-state index contributed by atoms with van der Waals surface area (Å²) < 4.78 is 0.697. The lowest BCUT2D eigenvalue weighted by Crippen LogP contribution is -2.15. The van der Waals surface area contributed by atoms with Crippen LogP contribution >= 0.6 is 15.9 Å². The van der Waals surface area contributed by atoms with E-state index >= 15 is 0 Å². The van der Waals surface area contributed by atoms with Crippen molar-refractivity contribution in [2.75, 3.05) is 5.32 Å². The highest BCUT2D eigenvalue weighted by Gasteiger charge is 2.14. The Morgan fingerprint density at radius 2 is 1.80 bits per heavy atom. The highest BCUT2D eigenvalue weighted by molar-refractivity contribution is 9.10. The van der Waals surface area contributed by atoms with Crippen molar-refractivity contribution in [3.8, 4) is 0 Å². The second kappa shape index (κ2) is 5.88. The lowest BCUT2D eigenvalue weighted by Gasteiger charge is -2.10. The number of aryl methyl sites for hydroxylation is 1. The molecular formula is C15H12BrNO3. The van der Waals surface area contributed by atoms with Gasteiger partial charge in [0.2, 0.25) is 0 Å². The molecule has 0 atom stereocenters. The number of rotatable bonds is 3. The van der Waals surface area contributed by atoms with Crippen molar-refractivity contribution in [1.29, 1.82) is 0 Å². The first-order chi connectivity index (χ1) is 9.49. The third-order valence-corrected chi connectivity index (χ3v) is 3.34. The van der Waals surface area contributed by atoms with Gasteiger partial charge in [0.05, 0.1) is 11.3 Å². The zero-order chi connectivity index (χ0) is 14.7. The molecule has 0 fully saturated rings. The summed E-state index contributed by atoms with van der Waals surface area (Å²) in [5, 5.41) is 11.8. The quantitative estimate of drug-likeness (QED) is 0.899. The van der Waals surface area contributed by atoms with Crippen LogP contribution in [0.5, 0.6) is 0 Å². The predicted molar refractivity (Wildman–Crippen MR) is 80.2 cm³/mol. The Morgan fingerprint density at radius 3 is 2.45 bits per heavy atom.